The summed E-state index contributed by atoms with van der Waals surface area (Å²) in [6.45, 7) is 5.12. The van der Waals surface area contributed by atoms with Crippen molar-refractivity contribution in [3.63, 3.8) is 0 Å². The highest BCUT2D eigenvalue weighted by Gasteiger charge is 2.38. The smallest absolute Gasteiger partial charge is 0.266 e. The van der Waals surface area contributed by atoms with E-state index in [2.05, 4.69) is 4.98 Å². The van der Waals surface area contributed by atoms with Gasteiger partial charge in [0.05, 0.1) is 24.4 Å². The second-order valence-electron chi connectivity index (χ2n) is 6.60. The number of amides is 1. The molecule has 3 heterocycles. The summed E-state index contributed by atoms with van der Waals surface area (Å²) in [6, 6.07) is 4.05. The number of carbonyl (C=O) groups excluding carboxylic acids is 1. The van der Waals surface area contributed by atoms with Gasteiger partial charge in [-0.15, -0.1) is 11.3 Å². The van der Waals surface area contributed by atoms with Crippen LogP contribution in [0.2, 0.25) is 0 Å². The fraction of sp³-hybridized carbons (Fsp3) is 0.556. The summed E-state index contributed by atoms with van der Waals surface area (Å²) >= 11 is 1.43. The van der Waals surface area contributed by atoms with Gasteiger partial charge in [-0.3, -0.25) is 4.79 Å². The van der Waals surface area contributed by atoms with E-state index in [0.717, 1.165) is 39.9 Å². The summed E-state index contributed by atoms with van der Waals surface area (Å²) in [4.78, 5) is 20.4. The van der Waals surface area contributed by atoms with Gasteiger partial charge in [-0.2, -0.15) is 0 Å². The first-order chi connectivity index (χ1) is 11.6. The van der Waals surface area contributed by atoms with Crippen molar-refractivity contribution in [2.24, 2.45) is 0 Å². The third-order valence-electron chi connectivity index (χ3n) is 4.93. The van der Waals surface area contributed by atoms with E-state index in [-0.39, 0.29) is 18.1 Å². The summed E-state index contributed by atoms with van der Waals surface area (Å²) in [7, 11) is 0. The molecule has 24 heavy (non-hydrogen) atoms. The molecule has 0 radical (unpaired) electrons. The van der Waals surface area contributed by atoms with Crippen LogP contribution in [0.15, 0.2) is 16.5 Å². The van der Waals surface area contributed by atoms with Crippen LogP contribution in [0.3, 0.4) is 0 Å². The average Bonchev–Trinajstić information content (AvgIpc) is 3.19. The van der Waals surface area contributed by atoms with E-state index in [9.17, 15) is 4.79 Å². The Balaban J connectivity index is 1.61. The van der Waals surface area contributed by atoms with Gasteiger partial charge in [0.1, 0.15) is 10.6 Å². The first kappa shape index (κ1) is 15.8. The first-order valence-corrected chi connectivity index (χ1v) is 9.42. The molecule has 0 aromatic carbocycles. The van der Waals surface area contributed by atoms with E-state index in [0.29, 0.717) is 13.2 Å². The molecule has 0 spiro atoms. The molecule has 2 fully saturated rings. The Kier molecular flexibility index (Phi) is 4.18. The Morgan fingerprint density at radius 1 is 1.29 bits per heavy atom. The molecule has 1 aliphatic heterocycles. The molecule has 2 atom stereocenters. The summed E-state index contributed by atoms with van der Waals surface area (Å²) in [5.74, 6) is 1.68. The Labute approximate surface area is 145 Å². The lowest BCUT2D eigenvalue weighted by Crippen LogP contribution is -2.54. The van der Waals surface area contributed by atoms with E-state index in [1.807, 2.05) is 30.9 Å². The molecule has 6 heteroatoms. The van der Waals surface area contributed by atoms with Crippen molar-refractivity contribution in [3.8, 4) is 10.8 Å². The maximum atomic E-state index is 13.1. The van der Waals surface area contributed by atoms with Gasteiger partial charge in [0.25, 0.3) is 5.91 Å². The van der Waals surface area contributed by atoms with Crippen LogP contribution in [0, 0.1) is 13.8 Å². The van der Waals surface area contributed by atoms with Crippen LogP contribution in [0.25, 0.3) is 10.8 Å². The molecule has 1 amide bonds. The van der Waals surface area contributed by atoms with Crippen LogP contribution in [-0.4, -0.2) is 41.1 Å². The number of aromatic nitrogens is 1. The average molecular weight is 346 g/mol. The normalized spacial score (nSPS) is 24.0. The molecule has 1 saturated heterocycles. The monoisotopic (exact) mass is 346 g/mol. The van der Waals surface area contributed by atoms with Crippen molar-refractivity contribution in [1.82, 2.24) is 9.88 Å². The molecule has 0 unspecified atom stereocenters. The minimum Gasteiger partial charge on any atom is -0.459 e. The molecule has 2 aromatic rings. The number of nitrogens with zero attached hydrogens (tertiary/aromatic N) is 2. The Morgan fingerprint density at radius 2 is 2.12 bits per heavy atom. The number of furan rings is 1. The Bertz CT molecular complexity index is 749. The summed E-state index contributed by atoms with van der Waals surface area (Å²) in [5.41, 5.74) is 0.785. The number of rotatable bonds is 2. The molecule has 2 aliphatic rings. The van der Waals surface area contributed by atoms with E-state index >= 15 is 0 Å². The van der Waals surface area contributed by atoms with Crippen molar-refractivity contribution in [2.75, 3.05) is 13.2 Å². The number of carbonyl (C=O) groups is 1. The number of fused-ring (bicyclic) bond motifs is 1. The van der Waals surface area contributed by atoms with Crippen LogP contribution < -0.4 is 0 Å². The van der Waals surface area contributed by atoms with Gasteiger partial charge < -0.3 is 14.1 Å². The van der Waals surface area contributed by atoms with Gasteiger partial charge >= 0.3 is 0 Å². The zero-order chi connectivity index (χ0) is 16.7. The van der Waals surface area contributed by atoms with Gasteiger partial charge in [0, 0.05) is 6.54 Å². The van der Waals surface area contributed by atoms with Crippen molar-refractivity contribution in [3.05, 3.63) is 28.5 Å². The molecular formula is C18H22N2O3S. The van der Waals surface area contributed by atoms with E-state index < -0.39 is 0 Å². The van der Waals surface area contributed by atoms with Gasteiger partial charge in [0.15, 0.2) is 10.8 Å². The number of thiazole rings is 1. The minimum atomic E-state index is 0.0970. The number of aryl methyl sites for hydroxylation is 2. The lowest BCUT2D eigenvalue weighted by Gasteiger charge is -2.43. The molecule has 1 saturated carbocycles. The predicted octanol–water partition coefficient (Wildman–Crippen LogP) is 3.80. The molecule has 2 aromatic heterocycles. The lowest BCUT2D eigenvalue weighted by atomic mass is 9.90. The van der Waals surface area contributed by atoms with E-state index in [1.165, 1.54) is 24.2 Å². The van der Waals surface area contributed by atoms with Crippen LogP contribution in [0.4, 0.5) is 0 Å². The molecule has 5 nitrogen and oxygen atoms in total. The topological polar surface area (TPSA) is 55.6 Å². The maximum absolute atomic E-state index is 13.1. The third-order valence-corrected chi connectivity index (χ3v) is 6.09. The fourth-order valence-electron chi connectivity index (χ4n) is 3.73. The SMILES string of the molecule is Cc1ccc(-c2nc(C)c(C(=O)N3CCO[C@H]4CCCC[C@@H]43)s2)o1. The lowest BCUT2D eigenvalue weighted by molar-refractivity contribution is -0.0751. The largest absolute Gasteiger partial charge is 0.459 e. The maximum Gasteiger partial charge on any atom is 0.266 e. The van der Waals surface area contributed by atoms with Gasteiger partial charge in [-0.1, -0.05) is 12.8 Å². The minimum absolute atomic E-state index is 0.0970. The van der Waals surface area contributed by atoms with Crippen molar-refractivity contribution >= 4 is 17.2 Å². The zero-order valence-corrected chi connectivity index (χ0v) is 14.9. The highest BCUT2D eigenvalue weighted by Crippen LogP contribution is 2.33. The van der Waals surface area contributed by atoms with Gasteiger partial charge in [-0.05, 0) is 38.8 Å². The van der Waals surface area contributed by atoms with E-state index in [1.54, 1.807) is 0 Å². The fourth-order valence-corrected chi connectivity index (χ4v) is 4.71. The summed E-state index contributed by atoms with van der Waals surface area (Å²) in [5, 5.41) is 0.775. The van der Waals surface area contributed by atoms with Gasteiger partial charge in [-0.25, -0.2) is 4.98 Å². The quantitative estimate of drug-likeness (QED) is 0.830. The molecule has 128 valence electrons. The van der Waals surface area contributed by atoms with Crippen molar-refractivity contribution in [2.45, 2.75) is 51.7 Å². The molecule has 0 bridgehead atoms. The Morgan fingerprint density at radius 3 is 2.92 bits per heavy atom. The predicted molar refractivity (Wildman–Crippen MR) is 92.3 cm³/mol. The van der Waals surface area contributed by atoms with Gasteiger partial charge in [0.2, 0.25) is 0 Å². The first-order valence-electron chi connectivity index (χ1n) is 8.60. The Hall–Kier alpha value is -1.66. The zero-order valence-electron chi connectivity index (χ0n) is 14.1. The molecule has 0 N–H and O–H groups in total. The highest BCUT2D eigenvalue weighted by atomic mass is 32.1. The number of hydrogen-bond acceptors (Lipinski definition) is 5. The second kappa shape index (κ2) is 6.33. The highest BCUT2D eigenvalue weighted by molar-refractivity contribution is 7.17. The molecule has 4 rings (SSSR count). The van der Waals surface area contributed by atoms with Crippen LogP contribution in [0.5, 0.6) is 0 Å². The van der Waals surface area contributed by atoms with E-state index in [4.69, 9.17) is 9.15 Å². The standard InChI is InChI=1S/C18H22N2O3S/c1-11-7-8-15(23-11)17-19-12(2)16(24-17)18(21)20-9-10-22-14-6-4-3-5-13(14)20/h7-8,13-14H,3-6,9-10H2,1-2H3/t13-,14-/m0/s1. The van der Waals surface area contributed by atoms with Crippen LogP contribution in [0.1, 0.15) is 46.8 Å². The number of hydrogen-bond donors (Lipinski definition) is 0. The summed E-state index contributed by atoms with van der Waals surface area (Å²) < 4.78 is 11.5. The third kappa shape index (κ3) is 2.78. The van der Waals surface area contributed by atoms with Crippen molar-refractivity contribution in [1.29, 1.82) is 0 Å². The van der Waals surface area contributed by atoms with Crippen molar-refractivity contribution < 1.29 is 13.9 Å². The van der Waals surface area contributed by atoms with Crippen LogP contribution >= 0.6 is 11.3 Å². The summed E-state index contributed by atoms with van der Waals surface area (Å²) in [6.07, 6.45) is 4.68. The number of morpholine rings is 1. The molecular weight excluding hydrogens is 324 g/mol. The molecule has 1 aliphatic carbocycles. The number of ether oxygens (including phenoxy) is 1. The second-order valence-corrected chi connectivity index (χ2v) is 7.60. The van der Waals surface area contributed by atoms with Crippen LogP contribution in [-0.2, 0) is 4.74 Å².